The Morgan fingerprint density at radius 1 is 1.05 bits per heavy atom. The molecule has 1 amide bonds. The van der Waals surface area contributed by atoms with E-state index in [0.717, 1.165) is 16.3 Å². The summed E-state index contributed by atoms with van der Waals surface area (Å²) in [6.07, 6.45) is 3.55. The molecule has 0 aliphatic carbocycles. The van der Waals surface area contributed by atoms with Crippen molar-refractivity contribution in [2.45, 2.75) is 6.42 Å². The van der Waals surface area contributed by atoms with Gasteiger partial charge in [-0.3, -0.25) is 9.78 Å². The van der Waals surface area contributed by atoms with Crippen LogP contribution in [0, 0.1) is 0 Å². The summed E-state index contributed by atoms with van der Waals surface area (Å²) >= 11 is 12.1. The normalized spacial score (nSPS) is 10.6. The van der Waals surface area contributed by atoms with Crippen molar-refractivity contribution >= 4 is 45.6 Å². The van der Waals surface area contributed by atoms with E-state index in [4.69, 9.17) is 23.2 Å². The molecule has 3 rings (SSSR count). The molecule has 0 aliphatic heterocycles. The number of amides is 1. The zero-order valence-electron chi connectivity index (χ0n) is 11.5. The number of carbonyl (C=O) groups is 1. The summed E-state index contributed by atoms with van der Waals surface area (Å²) in [6.45, 7) is 0. The first kappa shape index (κ1) is 14.8. The highest BCUT2D eigenvalue weighted by Crippen LogP contribution is 2.27. The molecule has 0 saturated heterocycles. The van der Waals surface area contributed by atoms with Crippen molar-refractivity contribution in [2.24, 2.45) is 0 Å². The van der Waals surface area contributed by atoms with Crippen LogP contribution in [0.3, 0.4) is 0 Å². The summed E-state index contributed by atoms with van der Waals surface area (Å²) < 4.78 is 0. The molecule has 0 spiro atoms. The van der Waals surface area contributed by atoms with Crippen molar-refractivity contribution in [3.63, 3.8) is 0 Å². The van der Waals surface area contributed by atoms with Crippen LogP contribution in [0.2, 0.25) is 10.0 Å². The second-order valence-electron chi connectivity index (χ2n) is 4.88. The Bertz CT molecular complexity index is 849. The van der Waals surface area contributed by atoms with E-state index in [9.17, 15) is 4.79 Å². The molecule has 0 unspecified atom stereocenters. The molecule has 5 heteroatoms. The molecule has 1 aromatic heterocycles. The molecule has 0 atom stereocenters. The standard InChI is InChI=1S/C17H12Cl2N2O/c18-12-4-1-3-11(7-12)8-17(22)21-16-10-20-9-14-13(16)5-2-6-15(14)19/h1-7,9-10H,8H2,(H,21,22). The predicted molar refractivity (Wildman–Crippen MR) is 90.5 cm³/mol. The summed E-state index contributed by atoms with van der Waals surface area (Å²) in [6, 6.07) is 12.8. The molecule has 1 N–H and O–H groups in total. The summed E-state index contributed by atoms with van der Waals surface area (Å²) in [5, 5.41) is 5.77. The molecule has 22 heavy (non-hydrogen) atoms. The first-order valence-electron chi connectivity index (χ1n) is 6.70. The van der Waals surface area contributed by atoms with E-state index in [-0.39, 0.29) is 12.3 Å². The molecule has 0 aliphatic rings. The van der Waals surface area contributed by atoms with Crippen LogP contribution in [-0.2, 0) is 11.2 Å². The molecule has 110 valence electrons. The van der Waals surface area contributed by atoms with E-state index < -0.39 is 0 Å². The van der Waals surface area contributed by atoms with Crippen LogP contribution >= 0.6 is 23.2 Å². The molecule has 3 aromatic rings. The Balaban J connectivity index is 1.84. The predicted octanol–water partition coefficient (Wildman–Crippen LogP) is 4.72. The largest absolute Gasteiger partial charge is 0.324 e. The van der Waals surface area contributed by atoms with Gasteiger partial charge < -0.3 is 5.32 Å². The number of pyridine rings is 1. The molecule has 0 saturated carbocycles. The van der Waals surface area contributed by atoms with Crippen LogP contribution in [0.15, 0.2) is 54.9 Å². The fourth-order valence-electron chi connectivity index (χ4n) is 2.29. The van der Waals surface area contributed by atoms with Crippen LogP contribution < -0.4 is 5.32 Å². The maximum absolute atomic E-state index is 12.2. The lowest BCUT2D eigenvalue weighted by Crippen LogP contribution is -2.14. The van der Waals surface area contributed by atoms with Gasteiger partial charge in [0.15, 0.2) is 0 Å². The topological polar surface area (TPSA) is 42.0 Å². The molecular weight excluding hydrogens is 319 g/mol. The Morgan fingerprint density at radius 3 is 2.68 bits per heavy atom. The minimum Gasteiger partial charge on any atom is -0.324 e. The number of hydrogen-bond donors (Lipinski definition) is 1. The second-order valence-corrected chi connectivity index (χ2v) is 5.72. The van der Waals surface area contributed by atoms with Gasteiger partial charge in [-0.05, 0) is 23.8 Å². The minimum atomic E-state index is -0.128. The lowest BCUT2D eigenvalue weighted by Gasteiger charge is -2.09. The van der Waals surface area contributed by atoms with Gasteiger partial charge in [-0.15, -0.1) is 0 Å². The van der Waals surface area contributed by atoms with Crippen molar-refractivity contribution in [1.29, 1.82) is 0 Å². The number of aromatic nitrogens is 1. The summed E-state index contributed by atoms with van der Waals surface area (Å²) in [4.78, 5) is 16.3. The SMILES string of the molecule is O=C(Cc1cccc(Cl)c1)Nc1cncc2c(Cl)cccc12. The van der Waals surface area contributed by atoms with Gasteiger partial charge in [-0.25, -0.2) is 0 Å². The number of benzene rings is 2. The Kier molecular flexibility index (Phi) is 4.27. The van der Waals surface area contributed by atoms with Gasteiger partial charge in [-0.2, -0.15) is 0 Å². The van der Waals surface area contributed by atoms with Crippen LogP contribution in [0.1, 0.15) is 5.56 Å². The van der Waals surface area contributed by atoms with Gasteiger partial charge in [0.2, 0.25) is 5.91 Å². The van der Waals surface area contributed by atoms with Crippen LogP contribution in [0.5, 0.6) is 0 Å². The van der Waals surface area contributed by atoms with Crippen molar-refractivity contribution in [1.82, 2.24) is 4.98 Å². The number of halogens is 2. The van der Waals surface area contributed by atoms with E-state index in [0.29, 0.717) is 15.7 Å². The van der Waals surface area contributed by atoms with Gasteiger partial charge in [0.1, 0.15) is 0 Å². The molecule has 1 heterocycles. The first-order chi connectivity index (χ1) is 10.6. The Morgan fingerprint density at radius 2 is 1.86 bits per heavy atom. The molecular formula is C17H12Cl2N2O. The molecule has 0 bridgehead atoms. The van der Waals surface area contributed by atoms with E-state index in [1.807, 2.05) is 24.3 Å². The maximum atomic E-state index is 12.2. The average Bonchev–Trinajstić information content (AvgIpc) is 2.48. The number of anilines is 1. The van der Waals surface area contributed by atoms with E-state index >= 15 is 0 Å². The lowest BCUT2D eigenvalue weighted by atomic mass is 10.1. The van der Waals surface area contributed by atoms with Crippen molar-refractivity contribution in [2.75, 3.05) is 5.32 Å². The van der Waals surface area contributed by atoms with Gasteiger partial charge in [0.25, 0.3) is 0 Å². The third-order valence-corrected chi connectivity index (χ3v) is 3.84. The van der Waals surface area contributed by atoms with Crippen LogP contribution in [0.4, 0.5) is 5.69 Å². The smallest absolute Gasteiger partial charge is 0.228 e. The van der Waals surface area contributed by atoms with Gasteiger partial charge in [0, 0.05) is 22.0 Å². The monoisotopic (exact) mass is 330 g/mol. The molecule has 0 radical (unpaired) electrons. The average molecular weight is 331 g/mol. The highest BCUT2D eigenvalue weighted by molar-refractivity contribution is 6.35. The van der Waals surface area contributed by atoms with Gasteiger partial charge in [0.05, 0.1) is 23.3 Å². The molecule has 0 fully saturated rings. The number of nitrogens with one attached hydrogen (secondary N) is 1. The van der Waals surface area contributed by atoms with Crippen molar-refractivity contribution in [3.05, 3.63) is 70.5 Å². The minimum absolute atomic E-state index is 0.128. The molecule has 3 nitrogen and oxygen atoms in total. The van der Waals surface area contributed by atoms with Gasteiger partial charge in [-0.1, -0.05) is 47.5 Å². The van der Waals surface area contributed by atoms with Gasteiger partial charge >= 0.3 is 0 Å². The third kappa shape index (κ3) is 3.21. The van der Waals surface area contributed by atoms with E-state index in [2.05, 4.69) is 10.3 Å². The molecule has 2 aromatic carbocycles. The number of carbonyl (C=O) groups excluding carboxylic acids is 1. The van der Waals surface area contributed by atoms with Crippen molar-refractivity contribution in [3.8, 4) is 0 Å². The summed E-state index contributed by atoms with van der Waals surface area (Å²) in [5.74, 6) is -0.128. The van der Waals surface area contributed by atoms with Crippen molar-refractivity contribution < 1.29 is 4.79 Å². The van der Waals surface area contributed by atoms with E-state index in [1.54, 1.807) is 30.6 Å². The number of rotatable bonds is 3. The second kappa shape index (κ2) is 6.34. The number of fused-ring (bicyclic) bond motifs is 1. The summed E-state index contributed by atoms with van der Waals surface area (Å²) in [5.41, 5.74) is 1.50. The van der Waals surface area contributed by atoms with Crippen LogP contribution in [-0.4, -0.2) is 10.9 Å². The number of nitrogens with zero attached hydrogens (tertiary/aromatic N) is 1. The first-order valence-corrected chi connectivity index (χ1v) is 7.45. The Hall–Kier alpha value is -2.10. The zero-order valence-corrected chi connectivity index (χ0v) is 13.0. The maximum Gasteiger partial charge on any atom is 0.228 e. The number of hydrogen-bond acceptors (Lipinski definition) is 2. The summed E-state index contributed by atoms with van der Waals surface area (Å²) in [7, 11) is 0. The quantitative estimate of drug-likeness (QED) is 0.754. The lowest BCUT2D eigenvalue weighted by molar-refractivity contribution is -0.115. The highest BCUT2D eigenvalue weighted by Gasteiger charge is 2.09. The third-order valence-electron chi connectivity index (χ3n) is 3.28. The Labute approximate surface area is 137 Å². The van der Waals surface area contributed by atoms with Crippen LogP contribution in [0.25, 0.3) is 10.8 Å². The van der Waals surface area contributed by atoms with E-state index in [1.165, 1.54) is 0 Å². The fourth-order valence-corrected chi connectivity index (χ4v) is 2.72. The zero-order chi connectivity index (χ0) is 15.5. The fraction of sp³-hybridized carbons (Fsp3) is 0.0588. The highest BCUT2D eigenvalue weighted by atomic mass is 35.5.